The number of benzene rings is 1. The fraction of sp³-hybridized carbons (Fsp3) is 0.375. The van der Waals surface area contributed by atoms with Crippen LogP contribution in [0.1, 0.15) is 33.4 Å². The molecule has 3 rings (SSSR count). The van der Waals surface area contributed by atoms with E-state index in [1.54, 1.807) is 11.3 Å². The first kappa shape index (κ1) is 16.9. The molecule has 1 aromatic heterocycles. The van der Waals surface area contributed by atoms with Crippen LogP contribution in [0.2, 0.25) is 0 Å². The Labute approximate surface area is 141 Å². The normalized spacial score (nSPS) is 14.1. The van der Waals surface area contributed by atoms with Crippen LogP contribution in [-0.4, -0.2) is 28.9 Å². The highest BCUT2D eigenvalue weighted by Crippen LogP contribution is 2.28. The number of carbonyl (C=O) groups is 1. The average Bonchev–Trinajstić information content (AvgIpc) is 2.88. The average molecular weight is 338 g/mol. The molecule has 0 unspecified atom stereocenters. The minimum absolute atomic E-state index is 0. The van der Waals surface area contributed by atoms with Gasteiger partial charge in [-0.05, 0) is 25.6 Å². The Morgan fingerprint density at radius 2 is 2.27 bits per heavy atom. The van der Waals surface area contributed by atoms with Crippen LogP contribution in [0, 0.1) is 6.92 Å². The maximum Gasteiger partial charge on any atom is 0.257 e. The van der Waals surface area contributed by atoms with E-state index in [9.17, 15) is 4.79 Å². The lowest BCUT2D eigenvalue weighted by Crippen LogP contribution is -2.29. The van der Waals surface area contributed by atoms with Gasteiger partial charge in [0.2, 0.25) is 0 Å². The number of fused-ring (bicyclic) bond motifs is 1. The second-order valence-electron chi connectivity index (χ2n) is 5.33. The number of hydrogen-bond donors (Lipinski definition) is 1. The first-order valence-corrected chi connectivity index (χ1v) is 8.06. The summed E-state index contributed by atoms with van der Waals surface area (Å²) in [6.07, 6.45) is 0.972. The summed E-state index contributed by atoms with van der Waals surface area (Å²) in [5.41, 5.74) is 2.90. The highest BCUT2D eigenvalue weighted by molar-refractivity contribution is 7.15. The van der Waals surface area contributed by atoms with Crippen molar-refractivity contribution in [3.63, 3.8) is 0 Å². The fourth-order valence-electron chi connectivity index (χ4n) is 2.53. The number of anilines is 1. The Bertz CT molecular complexity index is 671. The van der Waals surface area contributed by atoms with Crippen LogP contribution < -0.4 is 5.32 Å². The molecule has 6 heteroatoms. The molecule has 0 saturated heterocycles. The van der Waals surface area contributed by atoms with E-state index in [0.717, 1.165) is 37.3 Å². The second-order valence-corrected chi connectivity index (χ2v) is 6.41. The molecule has 0 spiro atoms. The molecule has 0 saturated carbocycles. The van der Waals surface area contributed by atoms with Crippen LogP contribution in [0.15, 0.2) is 24.3 Å². The lowest BCUT2D eigenvalue weighted by Gasteiger charge is -2.23. The number of amides is 1. The Morgan fingerprint density at radius 1 is 1.45 bits per heavy atom. The van der Waals surface area contributed by atoms with E-state index in [2.05, 4.69) is 22.1 Å². The van der Waals surface area contributed by atoms with Gasteiger partial charge in [0, 0.05) is 30.0 Å². The van der Waals surface area contributed by atoms with Crippen molar-refractivity contribution in [3.05, 3.63) is 46.0 Å². The number of carbonyl (C=O) groups excluding carboxylic acids is 1. The summed E-state index contributed by atoms with van der Waals surface area (Å²) in [6.45, 7) is 7.22. The van der Waals surface area contributed by atoms with Gasteiger partial charge in [-0.1, -0.05) is 24.6 Å². The summed E-state index contributed by atoms with van der Waals surface area (Å²) < 4.78 is 0. The van der Waals surface area contributed by atoms with Gasteiger partial charge in [-0.2, -0.15) is 0 Å². The minimum Gasteiger partial charge on any atom is -0.298 e. The maximum atomic E-state index is 12.2. The summed E-state index contributed by atoms with van der Waals surface area (Å²) in [7, 11) is 0. The van der Waals surface area contributed by atoms with Crippen molar-refractivity contribution in [3.8, 4) is 0 Å². The number of halogens is 1. The number of aryl methyl sites for hydroxylation is 1. The minimum atomic E-state index is -0.0860. The molecule has 0 atom stereocenters. The van der Waals surface area contributed by atoms with Gasteiger partial charge in [-0.15, -0.1) is 23.7 Å². The van der Waals surface area contributed by atoms with Crippen molar-refractivity contribution in [2.45, 2.75) is 26.8 Å². The standard InChI is InChI=1S/C16H19N3OS.ClH/c1-3-19-8-7-13-14(10-19)21-16(17-13)18-15(20)12-6-4-5-11(2)9-12;/h4-6,9H,3,7-8,10H2,1-2H3,(H,17,18,20);1H. The van der Waals surface area contributed by atoms with Gasteiger partial charge >= 0.3 is 0 Å². The Balaban J connectivity index is 0.00000176. The molecule has 0 radical (unpaired) electrons. The molecule has 22 heavy (non-hydrogen) atoms. The van der Waals surface area contributed by atoms with Gasteiger partial charge in [0.15, 0.2) is 5.13 Å². The molecular formula is C16H20ClN3OS. The molecule has 1 N–H and O–H groups in total. The van der Waals surface area contributed by atoms with Crippen molar-refractivity contribution >= 4 is 34.8 Å². The van der Waals surface area contributed by atoms with Gasteiger partial charge in [0.25, 0.3) is 5.91 Å². The second kappa shape index (κ2) is 7.22. The Kier molecular flexibility index (Phi) is 5.56. The summed E-state index contributed by atoms with van der Waals surface area (Å²) in [5, 5.41) is 3.64. The molecule has 0 fully saturated rings. The number of nitrogens with zero attached hydrogens (tertiary/aromatic N) is 2. The molecule has 2 aromatic rings. The van der Waals surface area contributed by atoms with Gasteiger partial charge in [0.1, 0.15) is 0 Å². The molecule has 4 nitrogen and oxygen atoms in total. The highest BCUT2D eigenvalue weighted by atomic mass is 35.5. The smallest absolute Gasteiger partial charge is 0.257 e. The number of hydrogen-bond acceptors (Lipinski definition) is 4. The van der Waals surface area contributed by atoms with Crippen LogP contribution in [0.4, 0.5) is 5.13 Å². The first-order chi connectivity index (χ1) is 10.2. The molecule has 1 aliphatic rings. The third-order valence-corrected chi connectivity index (χ3v) is 4.76. The monoisotopic (exact) mass is 337 g/mol. The van der Waals surface area contributed by atoms with Crippen molar-refractivity contribution < 1.29 is 4.79 Å². The van der Waals surface area contributed by atoms with E-state index in [0.29, 0.717) is 10.7 Å². The summed E-state index contributed by atoms with van der Waals surface area (Å²) >= 11 is 1.60. The van der Waals surface area contributed by atoms with E-state index >= 15 is 0 Å². The fourth-order valence-corrected chi connectivity index (χ4v) is 3.57. The molecule has 1 amide bonds. The number of nitrogens with one attached hydrogen (secondary N) is 1. The summed E-state index contributed by atoms with van der Waals surface area (Å²) in [4.78, 5) is 20.5. The Morgan fingerprint density at radius 3 is 3.00 bits per heavy atom. The van der Waals surface area contributed by atoms with Gasteiger partial charge in [-0.3, -0.25) is 15.0 Å². The van der Waals surface area contributed by atoms with Gasteiger partial charge < -0.3 is 0 Å². The topological polar surface area (TPSA) is 45.2 Å². The SMILES string of the molecule is CCN1CCc2nc(NC(=O)c3cccc(C)c3)sc2C1.Cl. The number of likely N-dealkylation sites (N-methyl/N-ethyl adjacent to an activating group) is 1. The van der Waals surface area contributed by atoms with E-state index in [1.807, 2.05) is 31.2 Å². The molecule has 0 bridgehead atoms. The zero-order chi connectivity index (χ0) is 14.8. The first-order valence-electron chi connectivity index (χ1n) is 7.24. The third-order valence-electron chi connectivity index (χ3n) is 3.76. The summed E-state index contributed by atoms with van der Waals surface area (Å²) in [5.74, 6) is -0.0860. The van der Waals surface area contributed by atoms with Crippen LogP contribution in [0.3, 0.4) is 0 Å². The molecule has 1 aliphatic heterocycles. The molecule has 118 valence electrons. The van der Waals surface area contributed by atoms with E-state index < -0.39 is 0 Å². The van der Waals surface area contributed by atoms with Crippen LogP contribution in [0.25, 0.3) is 0 Å². The predicted molar refractivity (Wildman–Crippen MR) is 93.1 cm³/mol. The van der Waals surface area contributed by atoms with E-state index in [-0.39, 0.29) is 18.3 Å². The number of thiazole rings is 1. The van der Waals surface area contributed by atoms with Crippen molar-refractivity contribution in [1.29, 1.82) is 0 Å². The lowest BCUT2D eigenvalue weighted by atomic mass is 10.1. The quantitative estimate of drug-likeness (QED) is 0.932. The van der Waals surface area contributed by atoms with E-state index in [1.165, 1.54) is 4.88 Å². The number of aromatic nitrogens is 1. The van der Waals surface area contributed by atoms with Crippen LogP contribution in [0.5, 0.6) is 0 Å². The van der Waals surface area contributed by atoms with Crippen LogP contribution in [-0.2, 0) is 13.0 Å². The van der Waals surface area contributed by atoms with Crippen molar-refractivity contribution in [2.75, 3.05) is 18.4 Å². The predicted octanol–water partition coefficient (Wildman–Crippen LogP) is 3.50. The van der Waals surface area contributed by atoms with Crippen molar-refractivity contribution in [1.82, 2.24) is 9.88 Å². The number of rotatable bonds is 3. The zero-order valence-corrected chi connectivity index (χ0v) is 14.4. The van der Waals surface area contributed by atoms with Crippen molar-refractivity contribution in [2.24, 2.45) is 0 Å². The largest absolute Gasteiger partial charge is 0.298 e. The maximum absolute atomic E-state index is 12.2. The zero-order valence-electron chi connectivity index (χ0n) is 12.8. The third kappa shape index (κ3) is 3.66. The highest BCUT2D eigenvalue weighted by Gasteiger charge is 2.20. The lowest BCUT2D eigenvalue weighted by molar-refractivity contribution is 0.102. The molecule has 2 heterocycles. The molecule has 1 aromatic carbocycles. The van der Waals surface area contributed by atoms with E-state index in [4.69, 9.17) is 0 Å². The summed E-state index contributed by atoms with van der Waals surface area (Å²) in [6, 6.07) is 7.60. The Hall–Kier alpha value is -1.43. The van der Waals surface area contributed by atoms with Gasteiger partial charge in [0.05, 0.1) is 5.69 Å². The van der Waals surface area contributed by atoms with Gasteiger partial charge in [-0.25, -0.2) is 4.98 Å². The molecular weight excluding hydrogens is 318 g/mol. The van der Waals surface area contributed by atoms with Crippen LogP contribution >= 0.6 is 23.7 Å². The molecule has 0 aliphatic carbocycles.